The Bertz CT molecular complexity index is 759. The second kappa shape index (κ2) is 7.91. The number of hydrogen-bond donors (Lipinski definition) is 3. The third-order valence-electron chi connectivity index (χ3n) is 6.42. The smallest absolute Gasteiger partial charge is 0.396 e. The number of anilines is 1. The molecule has 1 unspecified atom stereocenters. The fraction of sp³-hybridized carbons (Fsp3) is 0.545. The minimum absolute atomic E-state index is 0.120. The molecule has 28 heavy (non-hydrogen) atoms. The summed E-state index contributed by atoms with van der Waals surface area (Å²) in [6, 6.07) is 4.64. The molecule has 1 saturated carbocycles. The molecular formula is C22H27F3N2O. The van der Waals surface area contributed by atoms with Crippen LogP contribution in [-0.4, -0.2) is 30.3 Å². The van der Waals surface area contributed by atoms with E-state index in [1.807, 2.05) is 6.08 Å². The van der Waals surface area contributed by atoms with Crippen molar-refractivity contribution in [3.05, 3.63) is 53.6 Å². The van der Waals surface area contributed by atoms with E-state index in [-0.39, 0.29) is 24.6 Å². The lowest BCUT2D eigenvalue weighted by Crippen LogP contribution is -2.41. The second-order valence-electron chi connectivity index (χ2n) is 8.15. The maximum absolute atomic E-state index is 13.3. The van der Waals surface area contributed by atoms with E-state index in [4.69, 9.17) is 5.11 Å². The van der Waals surface area contributed by atoms with Gasteiger partial charge in [-0.25, -0.2) is 0 Å². The summed E-state index contributed by atoms with van der Waals surface area (Å²) in [6.07, 6.45) is 7.61. The highest BCUT2D eigenvalue weighted by Gasteiger charge is 2.46. The van der Waals surface area contributed by atoms with Crippen LogP contribution < -0.4 is 10.6 Å². The summed E-state index contributed by atoms with van der Waals surface area (Å²) in [4.78, 5) is 0. The number of halogens is 3. The standard InChI is InChI=1S/C22H27F3N2O/c23-22(24,25)15-7-8-20-18(11-15)17-12-16(26-9-4-10-28)13-19(17)21(27-20)14-5-2-1-3-6-14/h1-3,5,7-8,11,14,16-17,19,21,26-28H,4,6,9-10,12-13H2/t14?,16-,17+,19+,21-/m0/s1. The Balaban J connectivity index is 1.63. The molecule has 1 heterocycles. The van der Waals surface area contributed by atoms with Crippen molar-refractivity contribution in [3.63, 3.8) is 0 Å². The summed E-state index contributed by atoms with van der Waals surface area (Å²) in [6.45, 7) is 0.883. The average molecular weight is 392 g/mol. The molecule has 0 amide bonds. The van der Waals surface area contributed by atoms with E-state index in [9.17, 15) is 13.2 Å². The van der Waals surface area contributed by atoms with Crippen molar-refractivity contribution in [2.75, 3.05) is 18.5 Å². The molecule has 1 fully saturated rings. The number of rotatable bonds is 5. The minimum atomic E-state index is -4.32. The number of aliphatic hydroxyl groups excluding tert-OH is 1. The van der Waals surface area contributed by atoms with Gasteiger partial charge in [0.05, 0.1) is 5.56 Å². The number of nitrogens with one attached hydrogen (secondary N) is 2. The lowest BCUT2D eigenvalue weighted by atomic mass is 9.73. The van der Waals surface area contributed by atoms with E-state index < -0.39 is 11.7 Å². The van der Waals surface area contributed by atoms with Gasteiger partial charge in [0.25, 0.3) is 0 Å². The van der Waals surface area contributed by atoms with Crippen LogP contribution in [0.4, 0.5) is 18.9 Å². The van der Waals surface area contributed by atoms with Crippen molar-refractivity contribution in [1.82, 2.24) is 5.32 Å². The summed E-state index contributed by atoms with van der Waals surface area (Å²) in [7, 11) is 0. The van der Waals surface area contributed by atoms with Gasteiger partial charge in [0.2, 0.25) is 0 Å². The van der Waals surface area contributed by atoms with Crippen molar-refractivity contribution in [3.8, 4) is 0 Å². The number of allylic oxidation sites excluding steroid dienone is 3. The Kier molecular flexibility index (Phi) is 5.52. The number of fused-ring (bicyclic) bond motifs is 3. The lowest BCUT2D eigenvalue weighted by molar-refractivity contribution is -0.137. The molecular weight excluding hydrogens is 365 g/mol. The molecule has 3 aliphatic rings. The van der Waals surface area contributed by atoms with E-state index in [1.165, 1.54) is 12.1 Å². The third kappa shape index (κ3) is 3.85. The van der Waals surface area contributed by atoms with Crippen LogP contribution in [0.2, 0.25) is 0 Å². The van der Waals surface area contributed by atoms with E-state index >= 15 is 0 Å². The van der Waals surface area contributed by atoms with Crippen LogP contribution in [0.1, 0.15) is 42.7 Å². The molecule has 152 valence electrons. The van der Waals surface area contributed by atoms with Crippen molar-refractivity contribution in [2.24, 2.45) is 11.8 Å². The first-order valence-electron chi connectivity index (χ1n) is 10.1. The number of hydrogen-bond acceptors (Lipinski definition) is 3. The Morgan fingerprint density at radius 1 is 1.18 bits per heavy atom. The van der Waals surface area contributed by atoms with E-state index in [0.29, 0.717) is 18.3 Å². The highest BCUT2D eigenvalue weighted by atomic mass is 19.4. The summed E-state index contributed by atoms with van der Waals surface area (Å²) < 4.78 is 39.8. The Morgan fingerprint density at radius 2 is 2.04 bits per heavy atom. The Morgan fingerprint density at radius 3 is 2.75 bits per heavy atom. The molecule has 0 spiro atoms. The second-order valence-corrected chi connectivity index (χ2v) is 8.15. The fourth-order valence-electron chi connectivity index (χ4n) is 5.13. The van der Waals surface area contributed by atoms with Crippen LogP contribution in [0.3, 0.4) is 0 Å². The third-order valence-corrected chi connectivity index (χ3v) is 6.42. The number of aliphatic hydroxyl groups is 1. The molecule has 6 heteroatoms. The molecule has 3 N–H and O–H groups in total. The first-order chi connectivity index (χ1) is 13.5. The van der Waals surface area contributed by atoms with Crippen LogP contribution in [0.5, 0.6) is 0 Å². The van der Waals surface area contributed by atoms with Crippen molar-refractivity contribution in [2.45, 2.75) is 49.9 Å². The first kappa shape index (κ1) is 19.5. The monoisotopic (exact) mass is 392 g/mol. The largest absolute Gasteiger partial charge is 0.416 e. The van der Waals surface area contributed by atoms with E-state index in [2.05, 4.69) is 28.9 Å². The normalized spacial score (nSPS) is 31.4. The quantitative estimate of drug-likeness (QED) is 0.648. The fourth-order valence-corrected chi connectivity index (χ4v) is 5.13. The molecule has 1 aromatic rings. The summed E-state index contributed by atoms with van der Waals surface area (Å²) in [5, 5.41) is 16.1. The van der Waals surface area contributed by atoms with Gasteiger partial charge in [0.1, 0.15) is 0 Å². The predicted octanol–water partition coefficient (Wildman–Crippen LogP) is 4.47. The number of alkyl halides is 3. The topological polar surface area (TPSA) is 44.3 Å². The molecule has 1 aliphatic heterocycles. The Labute approximate surface area is 163 Å². The minimum Gasteiger partial charge on any atom is -0.396 e. The summed E-state index contributed by atoms with van der Waals surface area (Å²) in [5.74, 6) is 0.766. The summed E-state index contributed by atoms with van der Waals surface area (Å²) in [5.41, 5.74) is 1.08. The van der Waals surface area contributed by atoms with Crippen LogP contribution in [-0.2, 0) is 6.18 Å². The van der Waals surface area contributed by atoms with Crippen LogP contribution >= 0.6 is 0 Å². The zero-order valence-corrected chi connectivity index (χ0v) is 15.8. The SMILES string of the molecule is OCCCN[C@@H]1C[C@@H]2[C@H](C1)c1cc(C(F)(F)F)ccc1N[C@H]2C1C=CC=CC1. The zero-order chi connectivity index (χ0) is 19.7. The van der Waals surface area contributed by atoms with Gasteiger partial charge in [0.15, 0.2) is 0 Å². The van der Waals surface area contributed by atoms with Crippen molar-refractivity contribution in [1.29, 1.82) is 0 Å². The molecule has 3 nitrogen and oxygen atoms in total. The van der Waals surface area contributed by atoms with Gasteiger partial charge in [-0.2, -0.15) is 13.2 Å². The highest BCUT2D eigenvalue weighted by molar-refractivity contribution is 5.59. The van der Waals surface area contributed by atoms with Gasteiger partial charge in [-0.3, -0.25) is 0 Å². The van der Waals surface area contributed by atoms with Crippen molar-refractivity contribution >= 4 is 5.69 Å². The predicted molar refractivity (Wildman–Crippen MR) is 104 cm³/mol. The van der Waals surface area contributed by atoms with Crippen LogP contribution in [0, 0.1) is 11.8 Å². The van der Waals surface area contributed by atoms with Gasteiger partial charge < -0.3 is 15.7 Å². The molecule has 5 atom stereocenters. The van der Waals surface area contributed by atoms with Crippen molar-refractivity contribution < 1.29 is 18.3 Å². The van der Waals surface area contributed by atoms with Gasteiger partial charge >= 0.3 is 6.18 Å². The molecule has 0 aromatic heterocycles. The van der Waals surface area contributed by atoms with E-state index in [0.717, 1.165) is 37.1 Å². The van der Waals surface area contributed by atoms with Gasteiger partial charge in [-0.1, -0.05) is 24.3 Å². The first-order valence-corrected chi connectivity index (χ1v) is 10.1. The average Bonchev–Trinajstić information content (AvgIpc) is 3.11. The highest BCUT2D eigenvalue weighted by Crippen LogP contribution is 2.51. The van der Waals surface area contributed by atoms with E-state index in [1.54, 1.807) is 6.07 Å². The molecule has 2 aliphatic carbocycles. The molecule has 1 aromatic carbocycles. The molecule has 0 saturated heterocycles. The van der Waals surface area contributed by atoms with Crippen LogP contribution in [0.15, 0.2) is 42.5 Å². The molecule has 0 radical (unpaired) electrons. The van der Waals surface area contributed by atoms with Crippen LogP contribution in [0.25, 0.3) is 0 Å². The van der Waals surface area contributed by atoms with Gasteiger partial charge in [-0.15, -0.1) is 0 Å². The summed E-state index contributed by atoms with van der Waals surface area (Å²) >= 11 is 0. The zero-order valence-electron chi connectivity index (χ0n) is 15.8. The molecule has 0 bridgehead atoms. The van der Waals surface area contributed by atoms with Gasteiger partial charge in [-0.05, 0) is 67.8 Å². The number of benzene rings is 1. The lowest BCUT2D eigenvalue weighted by Gasteiger charge is -2.41. The van der Waals surface area contributed by atoms with Gasteiger partial charge in [0, 0.05) is 30.3 Å². The molecule has 4 rings (SSSR count). The maximum atomic E-state index is 13.3. The maximum Gasteiger partial charge on any atom is 0.416 e. The Hall–Kier alpha value is -1.79.